The van der Waals surface area contributed by atoms with E-state index in [2.05, 4.69) is 5.32 Å². The maximum Gasteiger partial charge on any atom is 0.416 e. The van der Waals surface area contributed by atoms with Gasteiger partial charge >= 0.3 is 12.1 Å². The fourth-order valence-corrected chi connectivity index (χ4v) is 2.44. The van der Waals surface area contributed by atoms with Gasteiger partial charge in [0.1, 0.15) is 11.6 Å². The molecule has 0 aliphatic rings. The van der Waals surface area contributed by atoms with Gasteiger partial charge in [-0.2, -0.15) is 18.4 Å². The summed E-state index contributed by atoms with van der Waals surface area (Å²) in [5, 5.41) is 11.6. The molecule has 0 fully saturated rings. The minimum absolute atomic E-state index is 0.109. The maximum atomic E-state index is 12.6. The first-order chi connectivity index (χ1) is 14.5. The Bertz CT molecular complexity index is 1010. The molecule has 0 heterocycles. The van der Waals surface area contributed by atoms with Gasteiger partial charge in [0.15, 0.2) is 6.10 Å². The highest BCUT2D eigenvalue weighted by Crippen LogP contribution is 2.29. The molecule has 9 heteroatoms. The fraction of sp³-hybridized carbons (Fsp3) is 0.227. The Hall–Kier alpha value is -3.80. The molecule has 162 valence electrons. The largest absolute Gasteiger partial charge is 0.448 e. The summed E-state index contributed by atoms with van der Waals surface area (Å²) in [5.41, 5.74) is 0.491. The van der Waals surface area contributed by atoms with Crippen LogP contribution in [0, 0.1) is 11.3 Å². The molecular weight excluding hydrogens is 411 g/mol. The SMILES string of the molecule is CC(OC(=O)/C(C#N)=C/c1ccc(N(C)C)cc1)C(=O)Nc1ccc(C(F)(F)F)cc1. The molecule has 0 spiro atoms. The lowest BCUT2D eigenvalue weighted by molar-refractivity contribution is -0.148. The number of hydrogen-bond acceptors (Lipinski definition) is 5. The summed E-state index contributed by atoms with van der Waals surface area (Å²) in [6, 6.07) is 12.6. The lowest BCUT2D eigenvalue weighted by Crippen LogP contribution is -2.30. The zero-order chi connectivity index (χ0) is 23.2. The molecular formula is C22H20F3N3O3. The average molecular weight is 431 g/mol. The van der Waals surface area contributed by atoms with Gasteiger partial charge in [0, 0.05) is 25.5 Å². The Labute approximate surface area is 177 Å². The van der Waals surface area contributed by atoms with E-state index in [0.29, 0.717) is 5.56 Å². The Balaban J connectivity index is 2.02. The van der Waals surface area contributed by atoms with Gasteiger partial charge in [0.05, 0.1) is 5.56 Å². The standard InChI is InChI=1S/C22H20F3N3O3/c1-14(20(29)27-18-8-6-17(7-9-18)22(23,24)25)31-21(30)16(13-26)12-15-4-10-19(11-5-15)28(2)3/h4-12,14H,1-3H3,(H,27,29)/b16-12+. The summed E-state index contributed by atoms with van der Waals surface area (Å²) in [5.74, 6) is -1.74. The fourth-order valence-electron chi connectivity index (χ4n) is 2.44. The van der Waals surface area contributed by atoms with E-state index in [1.54, 1.807) is 18.2 Å². The van der Waals surface area contributed by atoms with Crippen LogP contribution in [0.5, 0.6) is 0 Å². The van der Waals surface area contributed by atoms with Crippen LogP contribution in [0.25, 0.3) is 6.08 Å². The van der Waals surface area contributed by atoms with Crippen molar-refractivity contribution in [2.75, 3.05) is 24.3 Å². The molecule has 0 saturated heterocycles. The number of benzene rings is 2. The number of nitrogens with one attached hydrogen (secondary N) is 1. The third kappa shape index (κ3) is 6.60. The van der Waals surface area contributed by atoms with E-state index in [4.69, 9.17) is 4.74 Å². The minimum atomic E-state index is -4.49. The summed E-state index contributed by atoms with van der Waals surface area (Å²) in [7, 11) is 3.75. The van der Waals surface area contributed by atoms with Crippen LogP contribution < -0.4 is 10.2 Å². The second-order valence-electron chi connectivity index (χ2n) is 6.77. The zero-order valence-corrected chi connectivity index (χ0v) is 17.0. The number of nitrogens with zero attached hydrogens (tertiary/aromatic N) is 2. The number of ether oxygens (including phenoxy) is 1. The highest BCUT2D eigenvalue weighted by atomic mass is 19.4. The quantitative estimate of drug-likeness (QED) is 0.420. The second kappa shape index (κ2) is 9.80. The van der Waals surface area contributed by atoms with Crippen molar-refractivity contribution >= 4 is 29.3 Å². The van der Waals surface area contributed by atoms with E-state index in [0.717, 1.165) is 30.0 Å². The number of nitriles is 1. The van der Waals surface area contributed by atoms with Crippen LogP contribution in [0.4, 0.5) is 24.5 Å². The van der Waals surface area contributed by atoms with Crippen LogP contribution in [0.15, 0.2) is 54.1 Å². The molecule has 2 aromatic rings. The van der Waals surface area contributed by atoms with Gasteiger partial charge in [-0.25, -0.2) is 4.79 Å². The van der Waals surface area contributed by atoms with Crippen LogP contribution in [-0.2, 0) is 20.5 Å². The van der Waals surface area contributed by atoms with Crippen LogP contribution in [0.1, 0.15) is 18.1 Å². The molecule has 1 amide bonds. The second-order valence-corrected chi connectivity index (χ2v) is 6.77. The van der Waals surface area contributed by atoms with Crippen molar-refractivity contribution in [3.63, 3.8) is 0 Å². The predicted octanol–water partition coefficient (Wildman–Crippen LogP) is 4.25. The van der Waals surface area contributed by atoms with E-state index >= 15 is 0 Å². The number of anilines is 2. The van der Waals surface area contributed by atoms with Gasteiger partial charge in [-0.05, 0) is 55.0 Å². The number of hydrogen-bond donors (Lipinski definition) is 1. The summed E-state index contributed by atoms with van der Waals surface area (Å²) < 4.78 is 42.8. The molecule has 2 aromatic carbocycles. The van der Waals surface area contributed by atoms with Gasteiger partial charge in [-0.3, -0.25) is 4.79 Å². The van der Waals surface area contributed by atoms with E-state index < -0.39 is 29.7 Å². The van der Waals surface area contributed by atoms with E-state index in [1.165, 1.54) is 13.0 Å². The van der Waals surface area contributed by atoms with Crippen molar-refractivity contribution in [1.29, 1.82) is 5.26 Å². The molecule has 0 saturated carbocycles. The van der Waals surface area contributed by atoms with E-state index in [-0.39, 0.29) is 11.3 Å². The average Bonchev–Trinajstić information content (AvgIpc) is 2.71. The first kappa shape index (κ1) is 23.5. The Kier molecular flexibility index (Phi) is 7.42. The minimum Gasteiger partial charge on any atom is -0.448 e. The van der Waals surface area contributed by atoms with Gasteiger partial charge in [0.25, 0.3) is 5.91 Å². The molecule has 0 aliphatic carbocycles. The topological polar surface area (TPSA) is 82.4 Å². The Morgan fingerprint density at radius 2 is 1.68 bits per heavy atom. The molecule has 6 nitrogen and oxygen atoms in total. The van der Waals surface area contributed by atoms with Gasteiger partial charge < -0.3 is 15.0 Å². The maximum absolute atomic E-state index is 12.6. The molecule has 1 N–H and O–H groups in total. The third-order valence-corrected chi connectivity index (χ3v) is 4.19. The van der Waals surface area contributed by atoms with E-state index in [9.17, 15) is 28.0 Å². The molecule has 0 radical (unpaired) electrons. The number of carbonyl (C=O) groups is 2. The van der Waals surface area contributed by atoms with Crippen molar-refractivity contribution in [1.82, 2.24) is 0 Å². The number of alkyl halides is 3. The van der Waals surface area contributed by atoms with Crippen LogP contribution in [0.3, 0.4) is 0 Å². The number of carbonyl (C=O) groups excluding carboxylic acids is 2. The highest BCUT2D eigenvalue weighted by molar-refractivity contribution is 6.01. The van der Waals surface area contributed by atoms with Crippen molar-refractivity contribution in [3.05, 3.63) is 65.2 Å². The zero-order valence-electron chi connectivity index (χ0n) is 17.0. The van der Waals surface area contributed by atoms with Crippen molar-refractivity contribution in [3.8, 4) is 6.07 Å². The number of rotatable bonds is 6. The molecule has 0 aliphatic heterocycles. The van der Waals surface area contributed by atoms with Crippen LogP contribution in [-0.4, -0.2) is 32.1 Å². The molecule has 0 bridgehead atoms. The first-order valence-corrected chi connectivity index (χ1v) is 9.09. The lowest BCUT2D eigenvalue weighted by atomic mass is 10.1. The van der Waals surface area contributed by atoms with E-state index in [1.807, 2.05) is 31.1 Å². The number of amides is 1. The van der Waals surface area contributed by atoms with Crippen molar-refractivity contribution in [2.24, 2.45) is 0 Å². The smallest absolute Gasteiger partial charge is 0.416 e. The normalized spacial score (nSPS) is 12.5. The summed E-state index contributed by atoms with van der Waals surface area (Å²) in [6.07, 6.45) is -4.43. The predicted molar refractivity (Wildman–Crippen MR) is 110 cm³/mol. The number of esters is 1. The van der Waals surface area contributed by atoms with Gasteiger partial charge in [-0.15, -0.1) is 0 Å². The Morgan fingerprint density at radius 1 is 1.10 bits per heavy atom. The third-order valence-electron chi connectivity index (χ3n) is 4.19. The van der Waals surface area contributed by atoms with Crippen molar-refractivity contribution < 1.29 is 27.5 Å². The highest BCUT2D eigenvalue weighted by Gasteiger charge is 2.30. The monoisotopic (exact) mass is 431 g/mol. The molecule has 1 atom stereocenters. The first-order valence-electron chi connectivity index (χ1n) is 9.09. The molecule has 31 heavy (non-hydrogen) atoms. The molecule has 0 aromatic heterocycles. The number of halogens is 3. The van der Waals surface area contributed by atoms with Crippen molar-refractivity contribution in [2.45, 2.75) is 19.2 Å². The Morgan fingerprint density at radius 3 is 2.16 bits per heavy atom. The summed E-state index contributed by atoms with van der Waals surface area (Å²) >= 11 is 0. The summed E-state index contributed by atoms with van der Waals surface area (Å²) in [4.78, 5) is 26.3. The van der Waals surface area contributed by atoms with Gasteiger partial charge in [-0.1, -0.05) is 12.1 Å². The van der Waals surface area contributed by atoms with Crippen LogP contribution >= 0.6 is 0 Å². The molecule has 2 rings (SSSR count). The summed E-state index contributed by atoms with van der Waals surface area (Å²) in [6.45, 7) is 1.29. The van der Waals surface area contributed by atoms with Gasteiger partial charge in [0.2, 0.25) is 0 Å². The lowest BCUT2D eigenvalue weighted by Gasteiger charge is -2.14. The van der Waals surface area contributed by atoms with Crippen LogP contribution in [0.2, 0.25) is 0 Å². The molecule has 1 unspecified atom stereocenters.